The average Bonchev–Trinajstić information content (AvgIpc) is 3.63. The zero-order chi connectivity index (χ0) is 20.4. The van der Waals surface area contributed by atoms with E-state index in [1.165, 1.54) is 5.56 Å². The van der Waals surface area contributed by atoms with E-state index in [0.717, 1.165) is 37.7 Å². The van der Waals surface area contributed by atoms with Gasteiger partial charge in [-0.05, 0) is 49.8 Å². The first-order chi connectivity index (χ1) is 14.1. The van der Waals surface area contributed by atoms with Crippen molar-refractivity contribution in [1.82, 2.24) is 14.7 Å². The van der Waals surface area contributed by atoms with Crippen LogP contribution in [-0.2, 0) is 16.0 Å². The number of piperazine rings is 1. The summed E-state index contributed by atoms with van der Waals surface area (Å²) in [7, 11) is 0. The van der Waals surface area contributed by atoms with E-state index in [-0.39, 0.29) is 29.6 Å². The standard InChI is InChI=1S/C23H31N3O3/c1-2-17-3-5-18(6-4-17)22(28)25-13-15-26(16-14-25)23(29)20-9-11-24(12-10-20)21(27)19-7-8-19/h3-6,19-20H,2,7-16H2,1H3. The molecule has 0 radical (unpaired) electrons. The first kappa shape index (κ1) is 19.9. The topological polar surface area (TPSA) is 60.9 Å². The SMILES string of the molecule is CCc1ccc(C(=O)N2CCN(C(=O)C3CCN(C(=O)C4CC4)CC3)CC2)cc1. The summed E-state index contributed by atoms with van der Waals surface area (Å²) < 4.78 is 0. The number of hydrogen-bond acceptors (Lipinski definition) is 3. The Morgan fingerprint density at radius 3 is 1.72 bits per heavy atom. The minimum Gasteiger partial charge on any atom is -0.342 e. The second-order valence-electron chi connectivity index (χ2n) is 8.54. The van der Waals surface area contributed by atoms with E-state index in [1.54, 1.807) is 0 Å². The molecule has 4 rings (SSSR count). The van der Waals surface area contributed by atoms with Gasteiger partial charge in [-0.25, -0.2) is 0 Å². The molecule has 2 heterocycles. The predicted octanol–water partition coefficient (Wildman–Crippen LogP) is 2.18. The number of likely N-dealkylation sites (tertiary alicyclic amines) is 1. The van der Waals surface area contributed by atoms with Crippen LogP contribution in [0.3, 0.4) is 0 Å². The summed E-state index contributed by atoms with van der Waals surface area (Å²) in [4.78, 5) is 43.5. The number of benzene rings is 1. The van der Waals surface area contributed by atoms with Gasteiger partial charge >= 0.3 is 0 Å². The third-order valence-electron chi connectivity index (χ3n) is 6.57. The largest absolute Gasteiger partial charge is 0.342 e. The highest BCUT2D eigenvalue weighted by Crippen LogP contribution is 2.32. The Labute approximate surface area is 172 Å². The van der Waals surface area contributed by atoms with Crippen LogP contribution in [0, 0.1) is 11.8 Å². The number of amides is 3. The summed E-state index contributed by atoms with van der Waals surface area (Å²) in [6.07, 6.45) is 4.55. The van der Waals surface area contributed by atoms with Crippen molar-refractivity contribution >= 4 is 17.7 Å². The number of carbonyl (C=O) groups excluding carboxylic acids is 3. The van der Waals surface area contributed by atoms with Crippen LogP contribution in [0.2, 0.25) is 0 Å². The van der Waals surface area contributed by atoms with Crippen LogP contribution in [0.4, 0.5) is 0 Å². The Morgan fingerprint density at radius 2 is 1.21 bits per heavy atom. The van der Waals surface area contributed by atoms with Gasteiger partial charge in [0.2, 0.25) is 11.8 Å². The second-order valence-corrected chi connectivity index (χ2v) is 8.54. The molecule has 0 atom stereocenters. The molecule has 29 heavy (non-hydrogen) atoms. The van der Waals surface area contributed by atoms with Gasteiger partial charge in [-0.15, -0.1) is 0 Å². The van der Waals surface area contributed by atoms with Crippen molar-refractivity contribution in [2.45, 2.75) is 39.0 Å². The van der Waals surface area contributed by atoms with Crippen molar-refractivity contribution in [2.24, 2.45) is 11.8 Å². The van der Waals surface area contributed by atoms with Crippen molar-refractivity contribution in [3.63, 3.8) is 0 Å². The maximum absolute atomic E-state index is 12.9. The van der Waals surface area contributed by atoms with E-state index >= 15 is 0 Å². The summed E-state index contributed by atoms with van der Waals surface area (Å²) in [5.74, 6) is 0.803. The van der Waals surface area contributed by atoms with E-state index in [1.807, 2.05) is 39.0 Å². The lowest BCUT2D eigenvalue weighted by atomic mass is 9.94. The fourth-order valence-corrected chi connectivity index (χ4v) is 4.39. The molecule has 0 spiro atoms. The molecule has 1 saturated carbocycles. The fraction of sp³-hybridized carbons (Fsp3) is 0.609. The van der Waals surface area contributed by atoms with Gasteiger partial charge in [-0.1, -0.05) is 19.1 Å². The Balaban J connectivity index is 1.25. The summed E-state index contributed by atoms with van der Waals surface area (Å²) in [5, 5.41) is 0. The van der Waals surface area contributed by atoms with E-state index in [4.69, 9.17) is 0 Å². The van der Waals surface area contributed by atoms with E-state index < -0.39 is 0 Å². The number of hydrogen-bond donors (Lipinski definition) is 0. The zero-order valence-corrected chi connectivity index (χ0v) is 17.3. The molecule has 0 aromatic heterocycles. The molecule has 156 valence electrons. The molecular formula is C23H31N3O3. The summed E-state index contributed by atoms with van der Waals surface area (Å²) >= 11 is 0. The van der Waals surface area contributed by atoms with Crippen LogP contribution >= 0.6 is 0 Å². The quantitative estimate of drug-likeness (QED) is 0.782. The molecule has 2 saturated heterocycles. The molecule has 1 aromatic carbocycles. The van der Waals surface area contributed by atoms with Gasteiger partial charge in [0.15, 0.2) is 0 Å². The van der Waals surface area contributed by atoms with Gasteiger partial charge in [-0.2, -0.15) is 0 Å². The molecule has 0 N–H and O–H groups in total. The third kappa shape index (κ3) is 4.46. The first-order valence-electron chi connectivity index (χ1n) is 11.0. The van der Waals surface area contributed by atoms with Gasteiger partial charge in [0, 0.05) is 56.7 Å². The molecule has 3 fully saturated rings. The molecule has 1 aromatic rings. The summed E-state index contributed by atoms with van der Waals surface area (Å²) in [6, 6.07) is 7.81. The molecular weight excluding hydrogens is 366 g/mol. The fourth-order valence-electron chi connectivity index (χ4n) is 4.39. The zero-order valence-electron chi connectivity index (χ0n) is 17.3. The maximum atomic E-state index is 12.9. The van der Waals surface area contributed by atoms with Gasteiger partial charge in [0.1, 0.15) is 0 Å². The molecule has 0 bridgehead atoms. The van der Waals surface area contributed by atoms with Crippen LogP contribution in [0.15, 0.2) is 24.3 Å². The van der Waals surface area contributed by atoms with E-state index in [9.17, 15) is 14.4 Å². The normalized spacial score (nSPS) is 20.7. The lowest BCUT2D eigenvalue weighted by molar-refractivity contribution is -0.142. The molecule has 0 unspecified atom stereocenters. The second kappa shape index (κ2) is 8.56. The van der Waals surface area contributed by atoms with Crippen molar-refractivity contribution in [3.05, 3.63) is 35.4 Å². The highest BCUT2D eigenvalue weighted by molar-refractivity contribution is 5.94. The highest BCUT2D eigenvalue weighted by Gasteiger charge is 2.37. The van der Waals surface area contributed by atoms with Crippen LogP contribution in [0.1, 0.15) is 48.5 Å². The maximum Gasteiger partial charge on any atom is 0.253 e. The average molecular weight is 398 g/mol. The lowest BCUT2D eigenvalue weighted by Gasteiger charge is -2.38. The first-order valence-corrected chi connectivity index (χ1v) is 11.0. The number of rotatable bonds is 4. The van der Waals surface area contributed by atoms with Crippen LogP contribution in [0.5, 0.6) is 0 Å². The van der Waals surface area contributed by atoms with Gasteiger partial charge < -0.3 is 14.7 Å². The van der Waals surface area contributed by atoms with Crippen LogP contribution in [0.25, 0.3) is 0 Å². The molecule has 6 nitrogen and oxygen atoms in total. The Morgan fingerprint density at radius 1 is 0.724 bits per heavy atom. The molecule has 3 amide bonds. The van der Waals surface area contributed by atoms with Gasteiger partial charge in [0.05, 0.1) is 0 Å². The number of aryl methyl sites for hydroxylation is 1. The van der Waals surface area contributed by atoms with Crippen molar-refractivity contribution in [2.75, 3.05) is 39.3 Å². The molecule has 3 aliphatic rings. The minimum absolute atomic E-state index is 0.0158. The Kier molecular flexibility index (Phi) is 5.88. The van der Waals surface area contributed by atoms with Crippen molar-refractivity contribution < 1.29 is 14.4 Å². The Hall–Kier alpha value is -2.37. The molecule has 2 aliphatic heterocycles. The minimum atomic E-state index is 0.0158. The van der Waals surface area contributed by atoms with E-state index in [2.05, 4.69) is 6.92 Å². The Bertz CT molecular complexity index is 756. The van der Waals surface area contributed by atoms with Crippen molar-refractivity contribution in [3.8, 4) is 0 Å². The number of nitrogens with zero attached hydrogens (tertiary/aromatic N) is 3. The predicted molar refractivity (Wildman–Crippen MR) is 110 cm³/mol. The molecule has 6 heteroatoms. The number of carbonyl (C=O) groups is 3. The summed E-state index contributed by atoms with van der Waals surface area (Å²) in [6.45, 7) is 5.87. The van der Waals surface area contributed by atoms with E-state index in [0.29, 0.717) is 39.3 Å². The molecule has 1 aliphatic carbocycles. The number of piperidine rings is 1. The lowest BCUT2D eigenvalue weighted by Crippen LogP contribution is -2.53. The van der Waals surface area contributed by atoms with Gasteiger partial charge in [-0.3, -0.25) is 14.4 Å². The highest BCUT2D eigenvalue weighted by atomic mass is 16.2. The van der Waals surface area contributed by atoms with Crippen LogP contribution in [-0.4, -0.2) is 71.7 Å². The monoisotopic (exact) mass is 397 g/mol. The summed E-state index contributed by atoms with van der Waals surface area (Å²) in [5.41, 5.74) is 1.94. The smallest absolute Gasteiger partial charge is 0.253 e. The third-order valence-corrected chi connectivity index (χ3v) is 6.57. The van der Waals surface area contributed by atoms with Crippen molar-refractivity contribution in [1.29, 1.82) is 0 Å². The van der Waals surface area contributed by atoms with Gasteiger partial charge in [0.25, 0.3) is 5.91 Å². The van der Waals surface area contributed by atoms with Crippen LogP contribution < -0.4 is 0 Å².